The van der Waals surface area contributed by atoms with Gasteiger partial charge < -0.3 is 4.90 Å². The minimum absolute atomic E-state index is 0.0475. The topological polar surface area (TPSA) is 65.0 Å². The number of carbonyl (C=O) groups is 2. The van der Waals surface area contributed by atoms with Gasteiger partial charge in [0.15, 0.2) is 0 Å². The molecule has 0 radical (unpaired) electrons. The fourth-order valence-electron chi connectivity index (χ4n) is 3.02. The van der Waals surface area contributed by atoms with Crippen LogP contribution in [0.2, 0.25) is 0 Å². The second-order valence-electron chi connectivity index (χ2n) is 7.18. The summed E-state index contributed by atoms with van der Waals surface area (Å²) in [5, 5.41) is 3.99. The van der Waals surface area contributed by atoms with Gasteiger partial charge in [-0.15, -0.1) is 0 Å². The molecule has 0 aromatic heterocycles. The van der Waals surface area contributed by atoms with Gasteiger partial charge >= 0.3 is 0 Å². The number of benzene rings is 3. The number of nitrogens with zero attached hydrogens (tertiary/aromatic N) is 3. The molecule has 0 atom stereocenters. The quantitative estimate of drug-likeness (QED) is 0.440. The Hall–Kier alpha value is -3.93. The molecule has 0 aliphatic rings. The van der Waals surface area contributed by atoms with Crippen LogP contribution in [0.5, 0.6) is 0 Å². The number of rotatable bonds is 8. The molecule has 0 heterocycles. The first-order valence-corrected chi connectivity index (χ1v) is 10.1. The maximum atomic E-state index is 12.9. The van der Waals surface area contributed by atoms with Crippen molar-refractivity contribution < 1.29 is 9.59 Å². The fraction of sp³-hybridized carbons (Fsp3) is 0.160. The smallest absolute Gasteiger partial charge is 0.240 e. The van der Waals surface area contributed by atoms with Crippen LogP contribution in [0.3, 0.4) is 0 Å². The van der Waals surface area contributed by atoms with Crippen molar-refractivity contribution >= 4 is 35.1 Å². The summed E-state index contributed by atoms with van der Waals surface area (Å²) >= 11 is 0. The molecule has 0 spiro atoms. The van der Waals surface area contributed by atoms with Crippen LogP contribution in [-0.2, 0) is 9.59 Å². The number of anilines is 3. The van der Waals surface area contributed by atoms with Crippen molar-refractivity contribution in [1.82, 2.24) is 5.43 Å². The lowest BCUT2D eigenvalue weighted by atomic mass is 10.2. The van der Waals surface area contributed by atoms with E-state index in [1.54, 1.807) is 11.1 Å². The Balaban J connectivity index is 1.57. The number of hydrogen-bond donors (Lipinski definition) is 1. The molecule has 0 bridgehead atoms. The predicted octanol–water partition coefficient (Wildman–Crippen LogP) is 4.35. The van der Waals surface area contributed by atoms with E-state index in [0.717, 1.165) is 22.6 Å². The largest absolute Gasteiger partial charge is 0.378 e. The van der Waals surface area contributed by atoms with Crippen molar-refractivity contribution in [2.45, 2.75) is 12.8 Å². The average Bonchev–Trinajstić information content (AvgIpc) is 2.80. The minimum Gasteiger partial charge on any atom is -0.378 e. The van der Waals surface area contributed by atoms with Crippen LogP contribution in [-0.4, -0.2) is 32.1 Å². The van der Waals surface area contributed by atoms with Crippen molar-refractivity contribution in [3.63, 3.8) is 0 Å². The van der Waals surface area contributed by atoms with E-state index >= 15 is 0 Å². The highest BCUT2D eigenvalue weighted by molar-refractivity contribution is 6.01. The summed E-state index contributed by atoms with van der Waals surface area (Å²) in [4.78, 5) is 28.7. The highest BCUT2D eigenvalue weighted by Gasteiger charge is 2.18. The molecule has 1 N–H and O–H groups in total. The monoisotopic (exact) mass is 414 g/mol. The lowest BCUT2D eigenvalue weighted by molar-refractivity contribution is -0.124. The molecule has 3 rings (SSSR count). The zero-order valence-electron chi connectivity index (χ0n) is 17.7. The van der Waals surface area contributed by atoms with E-state index in [1.165, 1.54) is 0 Å². The van der Waals surface area contributed by atoms with E-state index in [0.29, 0.717) is 0 Å². The van der Waals surface area contributed by atoms with E-state index in [-0.39, 0.29) is 24.7 Å². The van der Waals surface area contributed by atoms with Crippen LogP contribution in [0.1, 0.15) is 18.4 Å². The standard InChI is InChI=1S/C25H26N4O2/c1-28(2)21-15-13-20(14-16-21)19-26-27-24(30)17-18-25(31)29(22-9-5-3-6-10-22)23-11-7-4-8-12-23/h3-16,19H,17-18H2,1-2H3,(H,27,30)/b26-19+. The van der Waals surface area contributed by atoms with Crippen LogP contribution in [0.25, 0.3) is 0 Å². The summed E-state index contributed by atoms with van der Waals surface area (Å²) in [5.74, 6) is -0.466. The van der Waals surface area contributed by atoms with Gasteiger partial charge in [0.25, 0.3) is 0 Å². The number of hydrogen-bond acceptors (Lipinski definition) is 4. The normalized spacial score (nSPS) is 10.6. The first kappa shape index (κ1) is 21.8. The summed E-state index contributed by atoms with van der Waals surface area (Å²) < 4.78 is 0. The third kappa shape index (κ3) is 6.27. The van der Waals surface area contributed by atoms with E-state index in [2.05, 4.69) is 10.5 Å². The van der Waals surface area contributed by atoms with Crippen molar-refractivity contribution in [2.24, 2.45) is 5.10 Å². The van der Waals surface area contributed by atoms with Gasteiger partial charge in [-0.25, -0.2) is 5.43 Å². The highest BCUT2D eigenvalue weighted by Crippen LogP contribution is 2.26. The maximum Gasteiger partial charge on any atom is 0.240 e. The molecule has 0 aliphatic heterocycles. The van der Waals surface area contributed by atoms with Crippen LogP contribution >= 0.6 is 0 Å². The second kappa shape index (κ2) is 10.7. The molecule has 0 aliphatic carbocycles. The van der Waals surface area contributed by atoms with Crippen molar-refractivity contribution in [1.29, 1.82) is 0 Å². The number of amides is 2. The number of para-hydroxylation sites is 2. The van der Waals surface area contributed by atoms with Crippen LogP contribution in [0, 0.1) is 0 Å². The Labute approximate surface area is 182 Å². The lowest BCUT2D eigenvalue weighted by Gasteiger charge is -2.23. The van der Waals surface area contributed by atoms with Gasteiger partial charge in [-0.3, -0.25) is 14.5 Å². The Morgan fingerprint density at radius 1 is 0.774 bits per heavy atom. The van der Waals surface area contributed by atoms with Gasteiger partial charge in [-0.05, 0) is 42.0 Å². The zero-order valence-corrected chi connectivity index (χ0v) is 17.7. The van der Waals surface area contributed by atoms with E-state index < -0.39 is 0 Å². The zero-order chi connectivity index (χ0) is 22.1. The Morgan fingerprint density at radius 2 is 1.32 bits per heavy atom. The molecule has 6 heteroatoms. The number of nitrogens with one attached hydrogen (secondary N) is 1. The molecule has 2 amide bonds. The van der Waals surface area contributed by atoms with E-state index in [1.807, 2.05) is 104 Å². The first-order valence-electron chi connectivity index (χ1n) is 10.1. The highest BCUT2D eigenvalue weighted by atomic mass is 16.2. The Kier molecular flexibility index (Phi) is 7.54. The number of hydrazone groups is 1. The van der Waals surface area contributed by atoms with Gasteiger partial charge in [-0.2, -0.15) is 5.10 Å². The Bertz CT molecular complexity index is 977. The van der Waals surface area contributed by atoms with Gasteiger partial charge in [0.2, 0.25) is 11.8 Å². The van der Waals surface area contributed by atoms with Crippen LogP contribution in [0.4, 0.5) is 17.1 Å². The molecule has 3 aromatic rings. The molecule has 0 unspecified atom stereocenters. The molecule has 6 nitrogen and oxygen atoms in total. The summed E-state index contributed by atoms with van der Waals surface area (Å²) in [6.07, 6.45) is 1.70. The van der Waals surface area contributed by atoms with Gasteiger partial charge in [0.1, 0.15) is 0 Å². The number of carbonyl (C=O) groups excluding carboxylic acids is 2. The molecule has 158 valence electrons. The lowest BCUT2D eigenvalue weighted by Crippen LogP contribution is -2.27. The van der Waals surface area contributed by atoms with E-state index in [4.69, 9.17) is 0 Å². The molecule has 0 fully saturated rings. The van der Waals surface area contributed by atoms with E-state index in [9.17, 15) is 9.59 Å². The summed E-state index contributed by atoms with van der Waals surface area (Å²) in [6, 6.07) is 26.6. The second-order valence-corrected chi connectivity index (χ2v) is 7.18. The van der Waals surface area contributed by atoms with Crippen molar-refractivity contribution in [3.8, 4) is 0 Å². The first-order chi connectivity index (χ1) is 15.0. The van der Waals surface area contributed by atoms with Crippen LogP contribution in [0.15, 0.2) is 90.0 Å². The van der Waals surface area contributed by atoms with Crippen LogP contribution < -0.4 is 15.2 Å². The molecule has 0 saturated carbocycles. The maximum absolute atomic E-state index is 12.9. The molecular weight excluding hydrogens is 388 g/mol. The third-order valence-corrected chi connectivity index (χ3v) is 4.66. The van der Waals surface area contributed by atoms with Crippen molar-refractivity contribution in [2.75, 3.05) is 23.9 Å². The molecular formula is C25H26N4O2. The van der Waals surface area contributed by atoms with Gasteiger partial charge in [0.05, 0.1) is 6.21 Å². The van der Waals surface area contributed by atoms with Gasteiger partial charge in [-0.1, -0.05) is 48.5 Å². The average molecular weight is 415 g/mol. The Morgan fingerprint density at radius 3 is 1.84 bits per heavy atom. The minimum atomic E-state index is -0.310. The fourth-order valence-corrected chi connectivity index (χ4v) is 3.02. The summed E-state index contributed by atoms with van der Waals surface area (Å²) in [7, 11) is 3.95. The third-order valence-electron chi connectivity index (χ3n) is 4.66. The molecule has 31 heavy (non-hydrogen) atoms. The molecule has 3 aromatic carbocycles. The summed E-state index contributed by atoms with van der Waals surface area (Å²) in [5.41, 5.74) is 5.98. The van der Waals surface area contributed by atoms with Crippen molar-refractivity contribution in [3.05, 3.63) is 90.5 Å². The summed E-state index contributed by atoms with van der Waals surface area (Å²) in [6.45, 7) is 0. The molecule has 0 saturated heterocycles. The SMILES string of the molecule is CN(C)c1ccc(/C=N/NC(=O)CCC(=O)N(c2ccccc2)c2ccccc2)cc1. The predicted molar refractivity (Wildman–Crippen MR) is 126 cm³/mol. The van der Waals surface area contributed by atoms with Gasteiger partial charge in [0, 0.05) is 44.0 Å².